The fourth-order valence-corrected chi connectivity index (χ4v) is 2.44. The lowest BCUT2D eigenvalue weighted by Gasteiger charge is -2.08. The summed E-state index contributed by atoms with van der Waals surface area (Å²) in [7, 11) is 3.02. The van der Waals surface area contributed by atoms with Crippen LogP contribution < -0.4 is 11.2 Å². The van der Waals surface area contributed by atoms with E-state index in [4.69, 9.17) is 5.53 Å². The molecule has 0 bridgehead atoms. The van der Waals surface area contributed by atoms with Gasteiger partial charge in [0.1, 0.15) is 5.65 Å². The summed E-state index contributed by atoms with van der Waals surface area (Å²) >= 11 is 0. The van der Waals surface area contributed by atoms with Crippen molar-refractivity contribution in [2.45, 2.75) is 32.2 Å². The van der Waals surface area contributed by atoms with Crippen LogP contribution in [0, 0.1) is 0 Å². The molecule has 2 rings (SSSR count). The van der Waals surface area contributed by atoms with Crippen LogP contribution in [-0.2, 0) is 25.4 Å². The molecule has 23 heavy (non-hydrogen) atoms. The van der Waals surface area contributed by atoms with Gasteiger partial charge in [0.25, 0.3) is 5.56 Å². The van der Waals surface area contributed by atoms with Crippen LogP contribution in [0.5, 0.6) is 0 Å². The number of unbranched alkanes of at least 4 members (excludes halogenated alkanes) is 2. The zero-order valence-electron chi connectivity index (χ0n) is 13.0. The van der Waals surface area contributed by atoms with Crippen LogP contribution in [0.15, 0.2) is 21.0 Å². The van der Waals surface area contributed by atoms with Crippen molar-refractivity contribution in [3.8, 4) is 0 Å². The zero-order chi connectivity index (χ0) is 17.0. The van der Waals surface area contributed by atoms with Crippen molar-refractivity contribution in [3.05, 3.63) is 37.6 Å². The van der Waals surface area contributed by atoms with E-state index in [0.717, 1.165) is 17.4 Å². The lowest BCUT2D eigenvalue weighted by Crippen LogP contribution is -2.37. The Morgan fingerprint density at radius 2 is 2.00 bits per heavy atom. The van der Waals surface area contributed by atoms with E-state index in [2.05, 4.69) is 15.0 Å². The second kappa shape index (κ2) is 6.93. The van der Waals surface area contributed by atoms with Gasteiger partial charge in [0.2, 0.25) is 5.91 Å². The molecule has 2 aromatic heterocycles. The molecule has 0 N–H and O–H groups in total. The summed E-state index contributed by atoms with van der Waals surface area (Å²) < 4.78 is 4.18. The number of amides is 1. The minimum Gasteiger partial charge on any atom is -0.316 e. The molecule has 2 aromatic rings. The Morgan fingerprint density at radius 3 is 2.70 bits per heavy atom. The van der Waals surface area contributed by atoms with Crippen LogP contribution in [0.25, 0.3) is 21.6 Å². The maximum atomic E-state index is 12.0. The average molecular weight is 319 g/mol. The Morgan fingerprint density at radius 1 is 1.26 bits per heavy atom. The van der Waals surface area contributed by atoms with Gasteiger partial charge < -0.3 is 4.57 Å². The molecule has 0 saturated carbocycles. The fourth-order valence-electron chi connectivity index (χ4n) is 2.44. The second-order valence-corrected chi connectivity index (χ2v) is 5.21. The van der Waals surface area contributed by atoms with E-state index in [1.807, 2.05) is 0 Å². The molecule has 0 fully saturated rings. The summed E-state index contributed by atoms with van der Waals surface area (Å²) in [6.45, 7) is 0.576. The summed E-state index contributed by atoms with van der Waals surface area (Å²) in [5, 5.41) is 3.00. The van der Waals surface area contributed by atoms with E-state index in [1.54, 1.807) is 11.6 Å². The highest BCUT2D eigenvalue weighted by Gasteiger charge is 2.13. The number of carbonyl (C=O) groups excluding carboxylic acids is 1. The third kappa shape index (κ3) is 3.32. The van der Waals surface area contributed by atoms with Crippen LogP contribution in [0.3, 0.4) is 0 Å². The first kappa shape index (κ1) is 16.5. The molecule has 0 aliphatic carbocycles. The number of carbonyl (C=O) groups is 1. The normalized spacial score (nSPS) is 10.7. The Hall–Kier alpha value is -2.87. The monoisotopic (exact) mass is 319 g/mol. The van der Waals surface area contributed by atoms with Gasteiger partial charge in [-0.25, -0.2) is 9.78 Å². The van der Waals surface area contributed by atoms with Gasteiger partial charge in [0.05, 0.1) is 6.33 Å². The van der Waals surface area contributed by atoms with Gasteiger partial charge in [-0.3, -0.25) is 18.7 Å². The first-order chi connectivity index (χ1) is 11.0. The number of fused-ring (bicyclic) bond motifs is 1. The van der Waals surface area contributed by atoms with Crippen molar-refractivity contribution in [1.29, 1.82) is 0 Å². The van der Waals surface area contributed by atoms with Crippen LogP contribution in [0.2, 0.25) is 0 Å². The third-order valence-corrected chi connectivity index (χ3v) is 3.65. The number of hydrogen-bond donors (Lipinski definition) is 0. The third-order valence-electron chi connectivity index (χ3n) is 3.65. The lowest BCUT2D eigenvalue weighted by molar-refractivity contribution is -0.118. The minimum atomic E-state index is -0.466. The smallest absolute Gasteiger partial charge is 0.316 e. The molecule has 0 aromatic carbocycles. The predicted octanol–water partition coefficient (Wildman–Crippen LogP) is 0.831. The van der Waals surface area contributed by atoms with Crippen LogP contribution in [0.4, 0.5) is 0 Å². The second-order valence-electron chi connectivity index (χ2n) is 5.21. The van der Waals surface area contributed by atoms with Gasteiger partial charge >= 0.3 is 5.69 Å². The fraction of sp³-hybridized carbons (Fsp3) is 0.538. The summed E-state index contributed by atoms with van der Waals surface area (Å²) in [6, 6.07) is 0. The molecule has 0 spiro atoms. The molecule has 2 heterocycles. The van der Waals surface area contributed by atoms with Crippen molar-refractivity contribution in [1.82, 2.24) is 18.7 Å². The average Bonchev–Trinajstić information content (AvgIpc) is 2.95. The SMILES string of the molecule is Cn1c(=O)c2ncn(CCCCCC(=O)N=[N+]=[N-])c2n(C)c1=O. The Bertz CT molecular complexity index is 899. The first-order valence-electron chi connectivity index (χ1n) is 7.16. The highest BCUT2D eigenvalue weighted by atomic mass is 16.2. The van der Waals surface area contributed by atoms with Gasteiger partial charge in [-0.1, -0.05) is 6.42 Å². The number of aryl methyl sites for hydroxylation is 2. The van der Waals surface area contributed by atoms with Gasteiger partial charge in [0.15, 0.2) is 5.52 Å². The van der Waals surface area contributed by atoms with Crippen LogP contribution in [0.1, 0.15) is 25.7 Å². The molecule has 0 radical (unpaired) electrons. The van der Waals surface area contributed by atoms with Crippen molar-refractivity contribution >= 4 is 17.1 Å². The topological polar surface area (TPSA) is 128 Å². The zero-order valence-corrected chi connectivity index (χ0v) is 13.0. The van der Waals surface area contributed by atoms with Gasteiger partial charge in [-0.15, -0.1) is 0 Å². The lowest BCUT2D eigenvalue weighted by atomic mass is 10.2. The van der Waals surface area contributed by atoms with E-state index in [-0.39, 0.29) is 11.9 Å². The summed E-state index contributed by atoms with van der Waals surface area (Å²) in [5.41, 5.74) is 8.06. The van der Waals surface area contributed by atoms with Crippen molar-refractivity contribution in [2.75, 3.05) is 0 Å². The number of azide groups is 1. The highest BCUT2D eigenvalue weighted by molar-refractivity contribution is 5.76. The maximum absolute atomic E-state index is 12.0. The van der Waals surface area contributed by atoms with E-state index in [0.29, 0.717) is 18.6 Å². The van der Waals surface area contributed by atoms with Gasteiger partial charge in [-0.05, 0) is 23.5 Å². The van der Waals surface area contributed by atoms with Gasteiger partial charge in [-0.2, -0.15) is 0 Å². The number of aromatic nitrogens is 4. The molecule has 0 atom stereocenters. The Kier molecular flexibility index (Phi) is 4.97. The van der Waals surface area contributed by atoms with E-state index < -0.39 is 17.2 Å². The van der Waals surface area contributed by atoms with Crippen molar-refractivity contribution < 1.29 is 4.79 Å². The summed E-state index contributed by atoms with van der Waals surface area (Å²) in [5.74, 6) is -0.466. The molecule has 122 valence electrons. The van der Waals surface area contributed by atoms with Crippen molar-refractivity contribution in [3.63, 3.8) is 0 Å². The molecule has 0 saturated heterocycles. The molecule has 1 amide bonds. The quantitative estimate of drug-likeness (QED) is 0.338. The standard InChI is InChI=1S/C13H17N7O3/c1-18-11-10(12(22)19(2)13(18)23)15-8-20(11)7-5-3-4-6-9(21)16-17-14/h8H,3-7H2,1-2H3. The van der Waals surface area contributed by atoms with Crippen LogP contribution >= 0.6 is 0 Å². The molecule has 0 unspecified atom stereocenters. The molecule has 10 nitrogen and oxygen atoms in total. The molecular weight excluding hydrogens is 302 g/mol. The summed E-state index contributed by atoms with van der Waals surface area (Å²) in [6.07, 6.45) is 3.87. The Balaban J connectivity index is 2.08. The number of imidazole rings is 1. The minimum absolute atomic E-state index is 0.216. The molecule has 0 aliphatic rings. The summed E-state index contributed by atoms with van der Waals surface area (Å²) in [4.78, 5) is 41.6. The van der Waals surface area contributed by atoms with E-state index >= 15 is 0 Å². The van der Waals surface area contributed by atoms with E-state index in [9.17, 15) is 14.4 Å². The van der Waals surface area contributed by atoms with Crippen molar-refractivity contribution in [2.24, 2.45) is 19.2 Å². The maximum Gasteiger partial charge on any atom is 0.332 e. The number of hydrogen-bond acceptors (Lipinski definition) is 4. The first-order valence-corrected chi connectivity index (χ1v) is 7.16. The Labute approximate surface area is 130 Å². The largest absolute Gasteiger partial charge is 0.332 e. The van der Waals surface area contributed by atoms with Crippen LogP contribution in [-0.4, -0.2) is 24.6 Å². The molecule has 10 heteroatoms. The van der Waals surface area contributed by atoms with Gasteiger partial charge in [0, 0.05) is 32.0 Å². The van der Waals surface area contributed by atoms with E-state index in [1.165, 1.54) is 17.9 Å². The highest BCUT2D eigenvalue weighted by Crippen LogP contribution is 2.09. The molecule has 0 aliphatic heterocycles. The predicted molar refractivity (Wildman–Crippen MR) is 82.8 cm³/mol. The molecular formula is C13H17N7O3. The number of rotatable bonds is 6. The number of nitrogens with zero attached hydrogens (tertiary/aromatic N) is 7.